The van der Waals surface area contributed by atoms with Crippen LogP contribution in [0.1, 0.15) is 27.6 Å². The summed E-state index contributed by atoms with van der Waals surface area (Å²) in [6, 6.07) is 13.0. The topological polar surface area (TPSA) is 95.1 Å². The second-order valence-electron chi connectivity index (χ2n) is 6.41. The highest BCUT2D eigenvalue weighted by atomic mass is 16.5. The average Bonchev–Trinajstić information content (AvgIpc) is 3.31. The number of hydrogen-bond acceptors (Lipinski definition) is 6. The van der Waals surface area contributed by atoms with Gasteiger partial charge >= 0.3 is 0 Å². The molecular weight excluding hydrogens is 358 g/mol. The lowest BCUT2D eigenvalue weighted by Gasteiger charge is -2.04. The lowest BCUT2D eigenvalue weighted by Crippen LogP contribution is -2.23. The molecule has 0 saturated heterocycles. The maximum atomic E-state index is 12.2. The van der Waals surface area contributed by atoms with Crippen LogP contribution >= 0.6 is 0 Å². The Hall–Kier alpha value is -3.68. The molecule has 0 bridgehead atoms. The summed E-state index contributed by atoms with van der Waals surface area (Å²) in [6.07, 6.45) is 1.75. The van der Waals surface area contributed by atoms with Gasteiger partial charge in [-0.2, -0.15) is 5.10 Å². The highest BCUT2D eigenvalue weighted by Crippen LogP contribution is 2.20. The SMILES string of the molecule is Cc1cc(CNC(=O)c2cc(COc3ccc4ncccc4c3)on2)nn1C. The van der Waals surface area contributed by atoms with Crippen LogP contribution in [0.2, 0.25) is 0 Å². The van der Waals surface area contributed by atoms with Gasteiger partial charge in [0.15, 0.2) is 11.5 Å². The van der Waals surface area contributed by atoms with E-state index in [0.717, 1.165) is 22.3 Å². The van der Waals surface area contributed by atoms with E-state index in [2.05, 4.69) is 20.6 Å². The van der Waals surface area contributed by atoms with E-state index in [1.165, 1.54) is 0 Å². The number of rotatable bonds is 6. The Balaban J connectivity index is 1.34. The zero-order chi connectivity index (χ0) is 19.5. The minimum Gasteiger partial charge on any atom is -0.486 e. The van der Waals surface area contributed by atoms with E-state index < -0.39 is 0 Å². The summed E-state index contributed by atoms with van der Waals surface area (Å²) < 4.78 is 12.7. The zero-order valence-electron chi connectivity index (χ0n) is 15.5. The first kappa shape index (κ1) is 17.7. The Morgan fingerprint density at radius 3 is 2.96 bits per heavy atom. The van der Waals surface area contributed by atoms with Gasteiger partial charge in [-0.25, -0.2) is 0 Å². The van der Waals surface area contributed by atoms with Crippen LogP contribution < -0.4 is 10.1 Å². The van der Waals surface area contributed by atoms with Crippen LogP contribution in [0.3, 0.4) is 0 Å². The van der Waals surface area contributed by atoms with Crippen LogP contribution in [0.4, 0.5) is 0 Å². The van der Waals surface area contributed by atoms with Crippen LogP contribution in [-0.4, -0.2) is 25.8 Å². The maximum absolute atomic E-state index is 12.2. The van der Waals surface area contributed by atoms with Gasteiger partial charge in [-0.15, -0.1) is 0 Å². The molecule has 0 atom stereocenters. The second kappa shape index (κ2) is 7.51. The van der Waals surface area contributed by atoms with Crippen molar-refractivity contribution in [3.05, 3.63) is 71.5 Å². The molecule has 8 nitrogen and oxygen atoms in total. The Morgan fingerprint density at radius 2 is 2.14 bits per heavy atom. The number of carbonyl (C=O) groups is 1. The van der Waals surface area contributed by atoms with Gasteiger partial charge in [0.05, 0.1) is 17.8 Å². The third-order valence-corrected chi connectivity index (χ3v) is 4.34. The molecular formula is C20H19N5O3. The monoisotopic (exact) mass is 377 g/mol. The summed E-state index contributed by atoms with van der Waals surface area (Å²) in [4.78, 5) is 16.5. The van der Waals surface area contributed by atoms with Crippen LogP contribution in [-0.2, 0) is 20.2 Å². The fraction of sp³-hybridized carbons (Fsp3) is 0.200. The molecule has 28 heavy (non-hydrogen) atoms. The molecule has 0 aliphatic heterocycles. The molecule has 1 amide bonds. The average molecular weight is 377 g/mol. The Labute approximate surface area is 161 Å². The first-order valence-corrected chi connectivity index (χ1v) is 8.79. The summed E-state index contributed by atoms with van der Waals surface area (Å²) in [5, 5.41) is 11.9. The van der Waals surface area contributed by atoms with Crippen molar-refractivity contribution in [3.8, 4) is 5.75 Å². The molecule has 0 radical (unpaired) electrons. The second-order valence-corrected chi connectivity index (χ2v) is 6.41. The first-order chi connectivity index (χ1) is 13.6. The van der Waals surface area contributed by atoms with Gasteiger partial charge in [0.1, 0.15) is 12.4 Å². The Bertz CT molecular complexity index is 1110. The number of pyridine rings is 1. The number of hydrogen-bond donors (Lipinski definition) is 1. The largest absolute Gasteiger partial charge is 0.486 e. The highest BCUT2D eigenvalue weighted by Gasteiger charge is 2.13. The van der Waals surface area contributed by atoms with E-state index in [0.29, 0.717) is 18.1 Å². The van der Waals surface area contributed by atoms with E-state index in [9.17, 15) is 4.79 Å². The van der Waals surface area contributed by atoms with Gasteiger partial charge in [0.25, 0.3) is 5.91 Å². The molecule has 4 aromatic rings. The molecule has 3 aromatic heterocycles. The van der Waals surface area contributed by atoms with Crippen molar-refractivity contribution < 1.29 is 14.1 Å². The van der Waals surface area contributed by atoms with Crippen molar-refractivity contribution in [3.63, 3.8) is 0 Å². The molecule has 0 saturated carbocycles. The minimum atomic E-state index is -0.324. The number of benzene rings is 1. The van der Waals surface area contributed by atoms with Crippen molar-refractivity contribution >= 4 is 16.8 Å². The Morgan fingerprint density at radius 1 is 1.25 bits per heavy atom. The standard InChI is InChI=1S/C20H19N5O3/c1-13-8-15(23-25(13)2)11-22-20(26)19-10-17(28-24-19)12-27-16-5-6-18-14(9-16)4-3-7-21-18/h3-10H,11-12H2,1-2H3,(H,22,26). The Kier molecular flexibility index (Phi) is 4.76. The molecule has 142 valence electrons. The predicted molar refractivity (Wildman–Crippen MR) is 102 cm³/mol. The van der Waals surface area contributed by atoms with Gasteiger partial charge in [0, 0.05) is 30.4 Å². The van der Waals surface area contributed by atoms with E-state index >= 15 is 0 Å². The van der Waals surface area contributed by atoms with E-state index in [1.807, 2.05) is 50.4 Å². The number of aryl methyl sites for hydroxylation is 2. The number of ether oxygens (including phenoxy) is 1. The molecule has 0 aliphatic rings. The van der Waals surface area contributed by atoms with Crippen LogP contribution in [0.25, 0.3) is 10.9 Å². The molecule has 0 aliphatic carbocycles. The maximum Gasteiger partial charge on any atom is 0.273 e. The van der Waals surface area contributed by atoms with Gasteiger partial charge in [-0.3, -0.25) is 14.5 Å². The van der Waals surface area contributed by atoms with E-state index in [-0.39, 0.29) is 18.2 Å². The number of amides is 1. The number of nitrogens with zero attached hydrogens (tertiary/aromatic N) is 4. The fourth-order valence-electron chi connectivity index (χ4n) is 2.77. The van der Waals surface area contributed by atoms with Crippen molar-refractivity contribution in [1.82, 2.24) is 25.2 Å². The first-order valence-electron chi connectivity index (χ1n) is 8.79. The molecule has 1 aromatic carbocycles. The van der Waals surface area contributed by atoms with E-state index in [4.69, 9.17) is 9.26 Å². The van der Waals surface area contributed by atoms with Crippen molar-refractivity contribution in [2.75, 3.05) is 0 Å². The van der Waals surface area contributed by atoms with Crippen LogP contribution in [0.5, 0.6) is 5.75 Å². The third kappa shape index (κ3) is 3.85. The lowest BCUT2D eigenvalue weighted by atomic mass is 10.2. The fourth-order valence-corrected chi connectivity index (χ4v) is 2.77. The molecule has 3 heterocycles. The summed E-state index contributed by atoms with van der Waals surface area (Å²) in [7, 11) is 1.86. The number of nitrogens with one attached hydrogen (secondary N) is 1. The van der Waals surface area contributed by atoms with Gasteiger partial charge < -0.3 is 14.6 Å². The summed E-state index contributed by atoms with van der Waals surface area (Å²) in [5.74, 6) is 0.827. The lowest BCUT2D eigenvalue weighted by molar-refractivity contribution is 0.0941. The molecule has 8 heteroatoms. The predicted octanol–water partition coefficient (Wildman–Crippen LogP) is 2.77. The molecule has 0 fully saturated rings. The summed E-state index contributed by atoms with van der Waals surface area (Å²) >= 11 is 0. The summed E-state index contributed by atoms with van der Waals surface area (Å²) in [6.45, 7) is 2.45. The minimum absolute atomic E-state index is 0.172. The quantitative estimate of drug-likeness (QED) is 0.555. The van der Waals surface area contributed by atoms with Crippen molar-refractivity contribution in [2.45, 2.75) is 20.1 Å². The molecule has 4 rings (SSSR count). The van der Waals surface area contributed by atoms with Gasteiger partial charge in [-0.1, -0.05) is 11.2 Å². The number of fused-ring (bicyclic) bond motifs is 1. The van der Waals surface area contributed by atoms with Gasteiger partial charge in [0.2, 0.25) is 0 Å². The van der Waals surface area contributed by atoms with Crippen molar-refractivity contribution in [2.24, 2.45) is 7.05 Å². The normalized spacial score (nSPS) is 10.9. The van der Waals surface area contributed by atoms with Crippen LogP contribution in [0.15, 0.2) is 53.2 Å². The highest BCUT2D eigenvalue weighted by molar-refractivity contribution is 5.92. The van der Waals surface area contributed by atoms with Crippen molar-refractivity contribution in [1.29, 1.82) is 0 Å². The smallest absolute Gasteiger partial charge is 0.273 e. The third-order valence-electron chi connectivity index (χ3n) is 4.34. The van der Waals surface area contributed by atoms with Gasteiger partial charge in [-0.05, 0) is 37.3 Å². The number of carbonyl (C=O) groups excluding carboxylic acids is 1. The molecule has 0 spiro atoms. The van der Waals surface area contributed by atoms with E-state index in [1.54, 1.807) is 16.9 Å². The van der Waals surface area contributed by atoms with Crippen LogP contribution in [0, 0.1) is 6.92 Å². The molecule has 0 unspecified atom stereocenters. The number of aromatic nitrogens is 4. The zero-order valence-corrected chi connectivity index (χ0v) is 15.5. The molecule has 1 N–H and O–H groups in total. The summed E-state index contributed by atoms with van der Waals surface area (Å²) in [5.41, 5.74) is 2.91.